The minimum atomic E-state index is 0.893. The second-order valence-electron chi connectivity index (χ2n) is 4.50. The van der Waals surface area contributed by atoms with Crippen LogP contribution in [-0.2, 0) is 6.42 Å². The molecule has 1 N–H and O–H groups in total. The van der Waals surface area contributed by atoms with E-state index in [-0.39, 0.29) is 0 Å². The summed E-state index contributed by atoms with van der Waals surface area (Å²) in [5, 5.41) is 4.26. The third kappa shape index (κ3) is 2.47. The van der Waals surface area contributed by atoms with Gasteiger partial charge in [0, 0.05) is 5.69 Å². The van der Waals surface area contributed by atoms with Crippen LogP contribution in [0.25, 0.3) is 10.2 Å². The van der Waals surface area contributed by atoms with E-state index in [1.807, 2.05) is 36.4 Å². The van der Waals surface area contributed by atoms with Gasteiger partial charge in [-0.3, -0.25) is 0 Å². The molecular weight excluding hydrogens is 268 g/mol. The van der Waals surface area contributed by atoms with Crippen LogP contribution in [0.5, 0.6) is 5.75 Å². The molecule has 0 aliphatic heterocycles. The first-order valence-electron chi connectivity index (χ1n) is 6.59. The Morgan fingerprint density at radius 1 is 1.20 bits per heavy atom. The average Bonchev–Trinajstić information content (AvgIpc) is 2.89. The van der Waals surface area contributed by atoms with E-state index in [0.29, 0.717) is 0 Å². The zero-order chi connectivity index (χ0) is 13.9. The third-order valence-corrected chi connectivity index (χ3v) is 4.11. The summed E-state index contributed by atoms with van der Waals surface area (Å²) in [6, 6.07) is 14.2. The number of ether oxygens (including phenoxy) is 1. The molecule has 3 aromatic rings. The monoisotopic (exact) mass is 284 g/mol. The standard InChI is InChI=1S/C16H16N2OS/c1-3-11-9-13(19-2)10-14-15(11)18-16(20-14)17-12-7-5-4-6-8-12/h4-10H,3H2,1-2H3,(H,17,18). The van der Waals surface area contributed by atoms with E-state index in [1.165, 1.54) is 5.56 Å². The lowest BCUT2D eigenvalue weighted by molar-refractivity contribution is 0.415. The summed E-state index contributed by atoms with van der Waals surface area (Å²) in [6.45, 7) is 2.14. The van der Waals surface area contributed by atoms with Gasteiger partial charge in [0.15, 0.2) is 5.13 Å². The zero-order valence-corrected chi connectivity index (χ0v) is 12.3. The fourth-order valence-electron chi connectivity index (χ4n) is 2.16. The maximum Gasteiger partial charge on any atom is 0.188 e. The molecule has 0 aliphatic carbocycles. The number of thiazole rings is 1. The summed E-state index contributed by atoms with van der Waals surface area (Å²) < 4.78 is 6.50. The van der Waals surface area contributed by atoms with Gasteiger partial charge in [-0.2, -0.15) is 0 Å². The molecule has 4 heteroatoms. The SMILES string of the molecule is CCc1cc(OC)cc2sc(Nc3ccccc3)nc12. The number of nitrogens with one attached hydrogen (secondary N) is 1. The highest BCUT2D eigenvalue weighted by atomic mass is 32.1. The Kier molecular flexibility index (Phi) is 3.56. The number of aromatic nitrogens is 1. The van der Waals surface area contributed by atoms with Crippen LogP contribution in [-0.4, -0.2) is 12.1 Å². The lowest BCUT2D eigenvalue weighted by Gasteiger charge is -2.03. The first kappa shape index (κ1) is 12.9. The summed E-state index contributed by atoms with van der Waals surface area (Å²) in [5.74, 6) is 0.893. The molecule has 3 nitrogen and oxygen atoms in total. The van der Waals surface area contributed by atoms with Crippen molar-refractivity contribution in [3.05, 3.63) is 48.0 Å². The molecule has 0 saturated heterocycles. The predicted molar refractivity (Wildman–Crippen MR) is 85.3 cm³/mol. The minimum Gasteiger partial charge on any atom is -0.497 e. The molecule has 0 amide bonds. The molecule has 0 fully saturated rings. The number of para-hydroxylation sites is 1. The molecular formula is C16H16N2OS. The first-order valence-corrected chi connectivity index (χ1v) is 7.41. The number of nitrogens with zero attached hydrogens (tertiary/aromatic N) is 1. The molecule has 0 aliphatic rings. The van der Waals surface area contributed by atoms with Crippen molar-refractivity contribution in [2.75, 3.05) is 12.4 Å². The molecule has 2 aromatic carbocycles. The summed E-state index contributed by atoms with van der Waals surface area (Å²) >= 11 is 1.65. The van der Waals surface area contributed by atoms with Crippen molar-refractivity contribution in [2.45, 2.75) is 13.3 Å². The van der Waals surface area contributed by atoms with E-state index in [4.69, 9.17) is 9.72 Å². The van der Waals surface area contributed by atoms with Crippen LogP contribution in [0.4, 0.5) is 10.8 Å². The molecule has 0 atom stereocenters. The first-order chi connectivity index (χ1) is 9.80. The van der Waals surface area contributed by atoms with Crippen molar-refractivity contribution in [1.29, 1.82) is 0 Å². The summed E-state index contributed by atoms with van der Waals surface area (Å²) in [5.41, 5.74) is 3.34. The minimum absolute atomic E-state index is 0.893. The van der Waals surface area contributed by atoms with E-state index in [1.54, 1.807) is 18.4 Å². The Morgan fingerprint density at radius 2 is 2.00 bits per heavy atom. The number of anilines is 2. The molecule has 20 heavy (non-hydrogen) atoms. The maximum atomic E-state index is 5.35. The average molecular weight is 284 g/mol. The Morgan fingerprint density at radius 3 is 2.70 bits per heavy atom. The van der Waals surface area contributed by atoms with Crippen molar-refractivity contribution in [3.63, 3.8) is 0 Å². The highest BCUT2D eigenvalue weighted by molar-refractivity contribution is 7.22. The van der Waals surface area contributed by atoms with E-state index >= 15 is 0 Å². The van der Waals surface area contributed by atoms with Crippen molar-refractivity contribution in [1.82, 2.24) is 4.98 Å². The molecule has 0 saturated carbocycles. The highest BCUT2D eigenvalue weighted by Gasteiger charge is 2.10. The quantitative estimate of drug-likeness (QED) is 0.759. The van der Waals surface area contributed by atoms with Gasteiger partial charge in [-0.05, 0) is 36.2 Å². The van der Waals surface area contributed by atoms with Crippen LogP contribution < -0.4 is 10.1 Å². The van der Waals surface area contributed by atoms with E-state index in [0.717, 1.165) is 33.2 Å². The Labute approximate surface area is 122 Å². The Bertz CT molecular complexity index is 722. The molecule has 0 unspecified atom stereocenters. The molecule has 102 valence electrons. The van der Waals surface area contributed by atoms with Crippen LogP contribution >= 0.6 is 11.3 Å². The topological polar surface area (TPSA) is 34.1 Å². The van der Waals surface area contributed by atoms with Gasteiger partial charge >= 0.3 is 0 Å². The summed E-state index contributed by atoms with van der Waals surface area (Å²) in [6.07, 6.45) is 0.947. The van der Waals surface area contributed by atoms with E-state index < -0.39 is 0 Å². The van der Waals surface area contributed by atoms with Gasteiger partial charge in [-0.15, -0.1) is 0 Å². The summed E-state index contributed by atoms with van der Waals surface area (Å²) in [7, 11) is 1.70. The van der Waals surface area contributed by atoms with Gasteiger partial charge in [0.25, 0.3) is 0 Å². The van der Waals surface area contributed by atoms with Crippen LogP contribution in [0.2, 0.25) is 0 Å². The maximum absolute atomic E-state index is 5.35. The highest BCUT2D eigenvalue weighted by Crippen LogP contribution is 2.33. The number of aryl methyl sites for hydroxylation is 1. The van der Waals surface area contributed by atoms with Gasteiger partial charge in [0.05, 0.1) is 17.3 Å². The van der Waals surface area contributed by atoms with E-state index in [9.17, 15) is 0 Å². The fourth-order valence-corrected chi connectivity index (χ4v) is 3.12. The van der Waals surface area contributed by atoms with Crippen molar-refractivity contribution in [2.24, 2.45) is 0 Å². The van der Waals surface area contributed by atoms with Crippen LogP contribution in [0.1, 0.15) is 12.5 Å². The Balaban J connectivity index is 2.01. The smallest absolute Gasteiger partial charge is 0.188 e. The molecule has 0 bridgehead atoms. The molecule has 0 spiro atoms. The largest absolute Gasteiger partial charge is 0.497 e. The second kappa shape index (κ2) is 5.51. The third-order valence-electron chi connectivity index (χ3n) is 3.19. The van der Waals surface area contributed by atoms with E-state index in [2.05, 4.69) is 18.3 Å². The number of fused-ring (bicyclic) bond motifs is 1. The normalized spacial score (nSPS) is 10.7. The molecule has 3 rings (SSSR count). The van der Waals surface area contributed by atoms with Gasteiger partial charge in [0.2, 0.25) is 0 Å². The van der Waals surface area contributed by atoms with Crippen LogP contribution in [0.3, 0.4) is 0 Å². The zero-order valence-electron chi connectivity index (χ0n) is 11.5. The second-order valence-corrected chi connectivity index (χ2v) is 5.53. The fraction of sp³-hybridized carbons (Fsp3) is 0.188. The Hall–Kier alpha value is -2.07. The van der Waals surface area contributed by atoms with Crippen LogP contribution in [0, 0.1) is 0 Å². The number of methoxy groups -OCH3 is 1. The number of hydrogen-bond donors (Lipinski definition) is 1. The predicted octanol–water partition coefficient (Wildman–Crippen LogP) is 4.61. The van der Waals surface area contributed by atoms with Gasteiger partial charge in [-0.1, -0.05) is 36.5 Å². The van der Waals surface area contributed by atoms with Gasteiger partial charge in [-0.25, -0.2) is 4.98 Å². The number of benzene rings is 2. The number of hydrogen-bond acceptors (Lipinski definition) is 4. The van der Waals surface area contributed by atoms with Crippen molar-refractivity contribution in [3.8, 4) is 5.75 Å². The van der Waals surface area contributed by atoms with Crippen LogP contribution in [0.15, 0.2) is 42.5 Å². The van der Waals surface area contributed by atoms with Gasteiger partial charge < -0.3 is 10.1 Å². The number of rotatable bonds is 4. The lowest BCUT2D eigenvalue weighted by atomic mass is 10.1. The van der Waals surface area contributed by atoms with Crippen molar-refractivity contribution >= 4 is 32.4 Å². The molecule has 1 aromatic heterocycles. The summed E-state index contributed by atoms with van der Waals surface area (Å²) in [4.78, 5) is 4.71. The lowest BCUT2D eigenvalue weighted by Crippen LogP contribution is -1.89. The molecule has 0 radical (unpaired) electrons. The van der Waals surface area contributed by atoms with Gasteiger partial charge in [0.1, 0.15) is 5.75 Å². The molecule has 1 heterocycles. The van der Waals surface area contributed by atoms with Crippen molar-refractivity contribution < 1.29 is 4.74 Å².